The van der Waals surface area contributed by atoms with Gasteiger partial charge in [0.05, 0.1) is 0 Å². The van der Waals surface area contributed by atoms with Crippen LogP contribution in [0.15, 0.2) is 24.3 Å². The summed E-state index contributed by atoms with van der Waals surface area (Å²) >= 11 is 0. The van der Waals surface area contributed by atoms with Gasteiger partial charge < -0.3 is 0 Å². The fraction of sp³-hybridized carbons (Fsp3) is 0.786. The molecule has 2 fully saturated rings. The van der Waals surface area contributed by atoms with E-state index < -0.39 is 10.2 Å². The minimum absolute atomic E-state index is 0.139. The molecule has 6 heteroatoms. The van der Waals surface area contributed by atoms with Crippen LogP contribution in [0.1, 0.15) is 102 Å². The van der Waals surface area contributed by atoms with E-state index in [0.717, 1.165) is 64.5 Å². The maximum absolute atomic E-state index is 14.1. The van der Waals surface area contributed by atoms with Gasteiger partial charge in [0.2, 0.25) is 0 Å². The van der Waals surface area contributed by atoms with E-state index in [9.17, 15) is 8.42 Å². The van der Waals surface area contributed by atoms with Crippen molar-refractivity contribution in [2.75, 3.05) is 32.7 Å². The standard InChI is InChI=1S/C28H47N3O2S/c1-3-5-7-11-18-30(19-12-8-6-4-2)34(32,33)31-20-13-15-25-23-29-21-17-24-14-9-10-16-26(24)28(29)22-27(25)31/h9-10,14,16,25,27-28H,3-8,11-13,15,17-23H2,1-2H3/t25-,27+,28+/m1/s1. The second-order valence-electron chi connectivity index (χ2n) is 10.8. The highest BCUT2D eigenvalue weighted by molar-refractivity contribution is 7.86. The van der Waals surface area contributed by atoms with Crippen LogP contribution < -0.4 is 0 Å². The van der Waals surface area contributed by atoms with Crippen LogP contribution in [0.5, 0.6) is 0 Å². The predicted molar refractivity (Wildman–Crippen MR) is 141 cm³/mol. The Hall–Kier alpha value is -0.950. The molecule has 0 N–H and O–H groups in total. The summed E-state index contributed by atoms with van der Waals surface area (Å²) < 4.78 is 32.0. The van der Waals surface area contributed by atoms with Crippen LogP contribution in [0.25, 0.3) is 0 Å². The Labute approximate surface area is 209 Å². The van der Waals surface area contributed by atoms with Gasteiger partial charge in [-0.05, 0) is 55.6 Å². The van der Waals surface area contributed by atoms with Gasteiger partial charge in [0.15, 0.2) is 0 Å². The lowest BCUT2D eigenvalue weighted by molar-refractivity contribution is 0.0197. The van der Waals surface area contributed by atoms with Crippen LogP contribution in [0.2, 0.25) is 0 Å². The molecule has 3 aliphatic rings. The quantitative estimate of drug-likeness (QED) is 0.350. The maximum Gasteiger partial charge on any atom is 0.282 e. The summed E-state index contributed by atoms with van der Waals surface area (Å²) in [4.78, 5) is 2.65. The maximum atomic E-state index is 14.1. The lowest BCUT2D eigenvalue weighted by Gasteiger charge is -2.52. The van der Waals surface area contributed by atoms with E-state index in [0.29, 0.717) is 31.6 Å². The molecule has 192 valence electrons. The third kappa shape index (κ3) is 5.88. The molecule has 0 aromatic heterocycles. The highest BCUT2D eigenvalue weighted by atomic mass is 32.2. The number of unbranched alkanes of at least 4 members (excludes halogenated alkanes) is 6. The van der Waals surface area contributed by atoms with Crippen molar-refractivity contribution in [1.29, 1.82) is 0 Å². The number of nitrogens with zero attached hydrogens (tertiary/aromatic N) is 3. The molecule has 0 aliphatic carbocycles. The number of rotatable bonds is 12. The molecule has 3 aliphatic heterocycles. The van der Waals surface area contributed by atoms with Gasteiger partial charge in [-0.25, -0.2) is 0 Å². The third-order valence-corrected chi connectivity index (χ3v) is 10.5. The van der Waals surface area contributed by atoms with Gasteiger partial charge >= 0.3 is 0 Å². The SMILES string of the molecule is CCCCCCN(CCCCCC)S(=O)(=O)N1CCC[C@@H]2CN3CCc4ccccc4[C@@H]3C[C@@H]21. The molecular weight excluding hydrogens is 442 g/mol. The van der Waals surface area contributed by atoms with Gasteiger partial charge in [0.1, 0.15) is 0 Å². The first kappa shape index (κ1) is 26.1. The fourth-order valence-corrected chi connectivity index (χ4v) is 8.54. The zero-order valence-corrected chi connectivity index (χ0v) is 22.4. The first-order chi connectivity index (χ1) is 16.6. The van der Waals surface area contributed by atoms with E-state index in [1.165, 1.54) is 36.8 Å². The molecular formula is C28H47N3O2S. The summed E-state index contributed by atoms with van der Waals surface area (Å²) in [5, 5.41) is 0. The summed E-state index contributed by atoms with van der Waals surface area (Å²) in [6, 6.07) is 9.35. The lowest BCUT2D eigenvalue weighted by Crippen LogP contribution is -2.59. The van der Waals surface area contributed by atoms with E-state index in [2.05, 4.69) is 43.0 Å². The molecule has 0 radical (unpaired) electrons. The fourth-order valence-electron chi connectivity index (χ4n) is 6.56. The van der Waals surface area contributed by atoms with Crippen LogP contribution in [-0.2, 0) is 16.6 Å². The number of hydrogen-bond acceptors (Lipinski definition) is 3. The summed E-state index contributed by atoms with van der Waals surface area (Å²) in [7, 11) is -3.44. The van der Waals surface area contributed by atoms with Crippen molar-refractivity contribution in [3.63, 3.8) is 0 Å². The molecule has 1 aromatic carbocycles. The Morgan fingerprint density at radius 3 is 2.35 bits per heavy atom. The molecule has 3 heterocycles. The molecule has 0 saturated carbocycles. The number of piperidine rings is 2. The zero-order chi connectivity index (χ0) is 24.0. The molecule has 5 nitrogen and oxygen atoms in total. The minimum atomic E-state index is -3.44. The van der Waals surface area contributed by atoms with Crippen molar-refractivity contribution >= 4 is 10.2 Å². The van der Waals surface area contributed by atoms with Crippen molar-refractivity contribution in [2.45, 2.75) is 103 Å². The molecule has 34 heavy (non-hydrogen) atoms. The molecule has 0 bridgehead atoms. The van der Waals surface area contributed by atoms with Gasteiger partial charge in [-0.2, -0.15) is 17.0 Å². The number of hydrogen-bond donors (Lipinski definition) is 0. The highest BCUT2D eigenvalue weighted by Crippen LogP contribution is 2.43. The topological polar surface area (TPSA) is 43.9 Å². The van der Waals surface area contributed by atoms with Crippen LogP contribution >= 0.6 is 0 Å². The molecule has 2 saturated heterocycles. The Morgan fingerprint density at radius 1 is 0.941 bits per heavy atom. The monoisotopic (exact) mass is 489 g/mol. The van der Waals surface area contributed by atoms with E-state index in [4.69, 9.17) is 0 Å². The zero-order valence-electron chi connectivity index (χ0n) is 21.6. The predicted octanol–water partition coefficient (Wildman–Crippen LogP) is 5.78. The lowest BCUT2D eigenvalue weighted by atomic mass is 9.77. The molecule has 0 amide bonds. The summed E-state index contributed by atoms with van der Waals surface area (Å²) in [5.41, 5.74) is 2.90. The van der Waals surface area contributed by atoms with E-state index >= 15 is 0 Å². The summed E-state index contributed by atoms with van der Waals surface area (Å²) in [6.45, 7) is 8.63. The molecule has 0 spiro atoms. The Bertz CT molecular complexity index is 862. The second-order valence-corrected chi connectivity index (χ2v) is 12.7. The first-order valence-electron chi connectivity index (χ1n) is 14.1. The van der Waals surface area contributed by atoms with E-state index in [1.54, 1.807) is 0 Å². The first-order valence-corrected chi connectivity index (χ1v) is 15.5. The normalized spacial score (nSPS) is 25.7. The number of benzene rings is 1. The molecule has 0 unspecified atom stereocenters. The van der Waals surface area contributed by atoms with Crippen LogP contribution in [0.4, 0.5) is 0 Å². The van der Waals surface area contributed by atoms with Crippen molar-refractivity contribution in [2.24, 2.45) is 5.92 Å². The molecule has 4 rings (SSSR count). The van der Waals surface area contributed by atoms with Crippen molar-refractivity contribution in [3.8, 4) is 0 Å². The van der Waals surface area contributed by atoms with Gasteiger partial charge in [-0.3, -0.25) is 4.90 Å². The highest BCUT2D eigenvalue weighted by Gasteiger charge is 2.47. The average Bonchev–Trinajstić information content (AvgIpc) is 2.86. The summed E-state index contributed by atoms with van der Waals surface area (Å²) in [5.74, 6) is 0.465. The van der Waals surface area contributed by atoms with Crippen LogP contribution in [0.3, 0.4) is 0 Å². The van der Waals surface area contributed by atoms with Gasteiger partial charge in [-0.1, -0.05) is 76.6 Å². The third-order valence-electron chi connectivity index (χ3n) is 8.47. The van der Waals surface area contributed by atoms with Crippen LogP contribution in [-0.4, -0.2) is 60.7 Å². The largest absolute Gasteiger partial charge is 0.296 e. The number of fused-ring (bicyclic) bond motifs is 4. The van der Waals surface area contributed by atoms with Gasteiger partial charge in [0.25, 0.3) is 10.2 Å². The summed E-state index contributed by atoms with van der Waals surface area (Å²) in [6.07, 6.45) is 13.2. The Kier molecular flexibility index (Phi) is 9.48. The second kappa shape index (κ2) is 12.3. The molecule has 3 atom stereocenters. The van der Waals surface area contributed by atoms with E-state index in [-0.39, 0.29) is 6.04 Å². The van der Waals surface area contributed by atoms with Gasteiger partial charge in [0, 0.05) is 44.8 Å². The smallest absolute Gasteiger partial charge is 0.282 e. The van der Waals surface area contributed by atoms with Crippen molar-refractivity contribution in [1.82, 2.24) is 13.5 Å². The van der Waals surface area contributed by atoms with Crippen molar-refractivity contribution < 1.29 is 8.42 Å². The van der Waals surface area contributed by atoms with E-state index in [1.807, 2.05) is 8.61 Å². The van der Waals surface area contributed by atoms with Crippen LogP contribution in [0, 0.1) is 5.92 Å². The Balaban J connectivity index is 1.51. The minimum Gasteiger partial charge on any atom is -0.296 e. The Morgan fingerprint density at radius 2 is 1.65 bits per heavy atom. The average molecular weight is 490 g/mol. The van der Waals surface area contributed by atoms with Gasteiger partial charge in [-0.15, -0.1) is 0 Å². The van der Waals surface area contributed by atoms with Crippen molar-refractivity contribution in [3.05, 3.63) is 35.4 Å². The molecule has 1 aromatic rings.